The number of benzene rings is 2. The van der Waals surface area contributed by atoms with E-state index in [9.17, 15) is 9.59 Å². The maximum Gasteiger partial charge on any atom is 0.340 e. The monoisotopic (exact) mass is 427 g/mol. The summed E-state index contributed by atoms with van der Waals surface area (Å²) in [5.41, 5.74) is 2.89. The van der Waals surface area contributed by atoms with Gasteiger partial charge in [0.1, 0.15) is 11.5 Å². The number of ether oxygens (including phenoxy) is 3. The number of rotatable bonds is 5. The molecule has 0 spiro atoms. The Morgan fingerprint density at radius 1 is 1.03 bits per heavy atom. The Balaban J connectivity index is 2.19. The molecule has 1 amide bonds. The smallest absolute Gasteiger partial charge is 0.340 e. The predicted molar refractivity (Wildman–Crippen MR) is 116 cm³/mol. The molecule has 7 heteroatoms. The number of methoxy groups -OCH3 is 3. The Bertz CT molecular complexity index is 1090. The topological polar surface area (TPSA) is 65.1 Å². The van der Waals surface area contributed by atoms with Crippen LogP contribution in [0.2, 0.25) is 5.02 Å². The minimum Gasteiger partial charge on any atom is -0.497 e. The Morgan fingerprint density at radius 2 is 1.77 bits per heavy atom. The van der Waals surface area contributed by atoms with E-state index in [1.165, 1.54) is 19.1 Å². The zero-order valence-electron chi connectivity index (χ0n) is 17.4. The van der Waals surface area contributed by atoms with Crippen molar-refractivity contribution in [2.45, 2.75) is 13.8 Å². The highest BCUT2D eigenvalue weighted by Gasteiger charge is 2.38. The summed E-state index contributed by atoms with van der Waals surface area (Å²) < 4.78 is 15.6. The molecule has 156 valence electrons. The van der Waals surface area contributed by atoms with Gasteiger partial charge in [-0.3, -0.25) is 9.69 Å². The van der Waals surface area contributed by atoms with E-state index in [0.29, 0.717) is 33.5 Å². The number of amides is 1. The Kier molecular flexibility index (Phi) is 6.17. The minimum absolute atomic E-state index is 0.184. The molecule has 0 bridgehead atoms. The molecule has 0 aliphatic carbocycles. The van der Waals surface area contributed by atoms with E-state index >= 15 is 0 Å². The lowest BCUT2D eigenvalue weighted by molar-refractivity contribution is -0.136. The second kappa shape index (κ2) is 8.63. The fourth-order valence-corrected chi connectivity index (χ4v) is 3.49. The number of hydrogen-bond donors (Lipinski definition) is 0. The van der Waals surface area contributed by atoms with Gasteiger partial charge in [0.2, 0.25) is 0 Å². The molecule has 0 N–H and O–H groups in total. The van der Waals surface area contributed by atoms with Crippen molar-refractivity contribution in [2.24, 2.45) is 0 Å². The minimum atomic E-state index is -0.602. The predicted octanol–water partition coefficient (Wildman–Crippen LogP) is 4.54. The molecule has 0 atom stereocenters. The number of hydrogen-bond acceptors (Lipinski definition) is 5. The SMILES string of the molecule is COC(=O)C1=C(C)N(c2ccc(C)c(Cl)c2)C(=O)/C1=C\c1cc(OC)ccc1OC. The van der Waals surface area contributed by atoms with Crippen molar-refractivity contribution in [3.05, 3.63) is 69.4 Å². The van der Waals surface area contributed by atoms with Crippen molar-refractivity contribution in [3.63, 3.8) is 0 Å². The molecule has 0 radical (unpaired) electrons. The van der Waals surface area contributed by atoms with E-state index < -0.39 is 5.97 Å². The average Bonchev–Trinajstić information content (AvgIpc) is 2.99. The molecule has 30 heavy (non-hydrogen) atoms. The molecule has 3 rings (SSSR count). The van der Waals surface area contributed by atoms with Gasteiger partial charge in [-0.05, 0) is 55.8 Å². The number of allylic oxidation sites excluding steroid dienone is 1. The first kappa shape index (κ1) is 21.5. The number of halogens is 1. The van der Waals surface area contributed by atoms with E-state index in [1.807, 2.05) is 13.0 Å². The van der Waals surface area contributed by atoms with Crippen LogP contribution in [0.25, 0.3) is 6.08 Å². The Labute approximate surface area is 180 Å². The van der Waals surface area contributed by atoms with Gasteiger partial charge in [-0.15, -0.1) is 0 Å². The van der Waals surface area contributed by atoms with Gasteiger partial charge in [-0.2, -0.15) is 0 Å². The Morgan fingerprint density at radius 3 is 2.37 bits per heavy atom. The molecule has 0 unspecified atom stereocenters. The lowest BCUT2D eigenvalue weighted by Crippen LogP contribution is -2.24. The quantitative estimate of drug-likeness (QED) is 0.517. The van der Waals surface area contributed by atoms with Crippen LogP contribution in [0.5, 0.6) is 11.5 Å². The van der Waals surface area contributed by atoms with E-state index in [1.54, 1.807) is 50.4 Å². The zero-order chi connectivity index (χ0) is 22.0. The maximum atomic E-state index is 13.4. The van der Waals surface area contributed by atoms with Gasteiger partial charge in [-0.25, -0.2) is 4.79 Å². The van der Waals surface area contributed by atoms with Crippen LogP contribution in [0, 0.1) is 6.92 Å². The van der Waals surface area contributed by atoms with Crippen molar-refractivity contribution < 1.29 is 23.8 Å². The molecule has 6 nitrogen and oxygen atoms in total. The third kappa shape index (κ3) is 3.78. The number of carbonyl (C=O) groups is 2. The van der Waals surface area contributed by atoms with Crippen molar-refractivity contribution in [1.82, 2.24) is 0 Å². The fraction of sp³-hybridized carbons (Fsp3) is 0.217. The number of esters is 1. The van der Waals surface area contributed by atoms with Gasteiger partial charge in [-0.1, -0.05) is 17.7 Å². The second-order valence-corrected chi connectivity index (χ2v) is 7.10. The van der Waals surface area contributed by atoms with Crippen molar-refractivity contribution >= 4 is 35.2 Å². The summed E-state index contributed by atoms with van der Waals surface area (Å²) in [5.74, 6) is 0.165. The molecule has 0 fully saturated rings. The second-order valence-electron chi connectivity index (χ2n) is 6.69. The van der Waals surface area contributed by atoms with Crippen LogP contribution >= 0.6 is 11.6 Å². The van der Waals surface area contributed by atoms with Gasteiger partial charge in [0.05, 0.1) is 38.2 Å². The van der Waals surface area contributed by atoms with Crippen molar-refractivity contribution in [2.75, 3.05) is 26.2 Å². The molecular weight excluding hydrogens is 406 g/mol. The maximum absolute atomic E-state index is 13.4. The summed E-state index contributed by atoms with van der Waals surface area (Å²) in [7, 11) is 4.36. The standard InChI is InChI=1S/C23H22ClNO5/c1-13-6-7-16(12-19(13)24)25-14(2)21(23(27)30-5)18(22(25)26)11-15-10-17(28-3)8-9-20(15)29-4/h6-12H,1-5H3/b18-11-. The number of aryl methyl sites for hydroxylation is 1. The summed E-state index contributed by atoms with van der Waals surface area (Å²) in [4.78, 5) is 27.4. The number of carbonyl (C=O) groups excluding carboxylic acids is 2. The highest BCUT2D eigenvalue weighted by Crippen LogP contribution is 2.38. The first-order chi connectivity index (χ1) is 14.3. The van der Waals surface area contributed by atoms with Crippen LogP contribution < -0.4 is 14.4 Å². The molecule has 0 saturated carbocycles. The summed E-state index contributed by atoms with van der Waals surface area (Å²) in [6, 6.07) is 10.5. The van der Waals surface area contributed by atoms with Crippen LogP contribution in [0.1, 0.15) is 18.1 Å². The third-order valence-electron chi connectivity index (χ3n) is 4.94. The van der Waals surface area contributed by atoms with Crippen LogP contribution in [0.3, 0.4) is 0 Å². The van der Waals surface area contributed by atoms with E-state index in [0.717, 1.165) is 5.56 Å². The number of anilines is 1. The average molecular weight is 428 g/mol. The van der Waals surface area contributed by atoms with Gasteiger partial charge >= 0.3 is 5.97 Å². The van der Waals surface area contributed by atoms with E-state index in [4.69, 9.17) is 25.8 Å². The highest BCUT2D eigenvalue weighted by molar-refractivity contribution is 6.32. The zero-order valence-corrected chi connectivity index (χ0v) is 18.2. The van der Waals surface area contributed by atoms with Crippen LogP contribution in [-0.4, -0.2) is 33.2 Å². The summed E-state index contributed by atoms with van der Waals surface area (Å²) in [6.45, 7) is 3.57. The molecule has 0 aromatic heterocycles. The first-order valence-corrected chi connectivity index (χ1v) is 9.54. The summed E-state index contributed by atoms with van der Waals surface area (Å²) in [5, 5.41) is 0.527. The van der Waals surface area contributed by atoms with E-state index in [2.05, 4.69) is 0 Å². The lowest BCUT2D eigenvalue weighted by atomic mass is 10.0. The van der Waals surface area contributed by atoms with Gasteiger partial charge in [0, 0.05) is 16.3 Å². The first-order valence-electron chi connectivity index (χ1n) is 9.16. The highest BCUT2D eigenvalue weighted by atomic mass is 35.5. The van der Waals surface area contributed by atoms with Crippen LogP contribution in [0.4, 0.5) is 5.69 Å². The summed E-state index contributed by atoms with van der Waals surface area (Å²) in [6.07, 6.45) is 1.61. The fourth-order valence-electron chi connectivity index (χ4n) is 3.32. The molecular formula is C23H22ClNO5. The largest absolute Gasteiger partial charge is 0.497 e. The van der Waals surface area contributed by atoms with E-state index in [-0.39, 0.29) is 17.1 Å². The Hall–Kier alpha value is -3.25. The normalized spacial score (nSPS) is 15.1. The molecule has 1 aliphatic rings. The molecule has 0 saturated heterocycles. The molecule has 1 aliphatic heterocycles. The summed E-state index contributed by atoms with van der Waals surface area (Å²) >= 11 is 6.26. The number of nitrogens with zero attached hydrogens (tertiary/aromatic N) is 1. The lowest BCUT2D eigenvalue weighted by Gasteiger charge is -2.18. The van der Waals surface area contributed by atoms with Crippen molar-refractivity contribution in [3.8, 4) is 11.5 Å². The molecule has 1 heterocycles. The van der Waals surface area contributed by atoms with Crippen molar-refractivity contribution in [1.29, 1.82) is 0 Å². The third-order valence-corrected chi connectivity index (χ3v) is 5.35. The van der Waals surface area contributed by atoms with Gasteiger partial charge in [0.25, 0.3) is 5.91 Å². The van der Waals surface area contributed by atoms with Crippen LogP contribution in [-0.2, 0) is 14.3 Å². The molecule has 2 aromatic carbocycles. The van der Waals surface area contributed by atoms with Gasteiger partial charge < -0.3 is 14.2 Å². The molecule has 2 aromatic rings. The van der Waals surface area contributed by atoms with Crippen LogP contribution in [0.15, 0.2) is 53.2 Å². The van der Waals surface area contributed by atoms with Gasteiger partial charge in [0.15, 0.2) is 0 Å².